The van der Waals surface area contributed by atoms with Crippen molar-refractivity contribution < 1.29 is 4.79 Å². The molecule has 0 aromatic heterocycles. The number of para-hydroxylation sites is 1. The Labute approximate surface area is 102 Å². The number of benzene rings is 1. The molecule has 0 fully saturated rings. The van der Waals surface area contributed by atoms with Crippen LogP contribution in [0.4, 0.5) is 10.5 Å². The van der Waals surface area contributed by atoms with Crippen molar-refractivity contribution in [1.82, 2.24) is 5.43 Å². The maximum Gasteiger partial charge on any atom is 0.339 e. The molecule has 92 valence electrons. The zero-order chi connectivity index (χ0) is 12.5. The maximum absolute atomic E-state index is 11.5. The molecule has 0 spiro atoms. The van der Waals surface area contributed by atoms with Crippen molar-refractivity contribution in [1.29, 1.82) is 0 Å². The van der Waals surface area contributed by atoms with Crippen molar-refractivity contribution in [2.75, 3.05) is 5.32 Å². The number of nitrogens with zero attached hydrogens (tertiary/aromatic N) is 1. The molecule has 1 aromatic carbocycles. The quantitative estimate of drug-likeness (QED) is 0.594. The Balaban J connectivity index is 2.35. The third kappa shape index (κ3) is 5.70. The molecule has 0 radical (unpaired) electrons. The molecular formula is C13H19N3O. The molecule has 4 heteroatoms. The number of amides is 2. The van der Waals surface area contributed by atoms with E-state index in [9.17, 15) is 4.79 Å². The molecule has 0 unspecified atom stereocenters. The first-order valence-electron chi connectivity index (χ1n) is 5.87. The van der Waals surface area contributed by atoms with Crippen LogP contribution in [-0.2, 0) is 0 Å². The van der Waals surface area contributed by atoms with Gasteiger partial charge in [0.2, 0.25) is 0 Å². The highest BCUT2D eigenvalue weighted by atomic mass is 16.2. The minimum Gasteiger partial charge on any atom is -0.307 e. The van der Waals surface area contributed by atoms with Gasteiger partial charge in [-0.05, 0) is 31.9 Å². The Morgan fingerprint density at radius 1 is 1.29 bits per heavy atom. The van der Waals surface area contributed by atoms with Crippen LogP contribution >= 0.6 is 0 Å². The lowest BCUT2D eigenvalue weighted by Crippen LogP contribution is -2.25. The molecule has 0 aliphatic heterocycles. The second-order valence-corrected chi connectivity index (χ2v) is 3.88. The SMILES string of the molecule is CCCC/C(C)=N\NC(=O)Nc1ccccc1. The molecule has 0 heterocycles. The number of urea groups is 1. The Morgan fingerprint density at radius 3 is 2.65 bits per heavy atom. The number of rotatable bonds is 5. The van der Waals surface area contributed by atoms with E-state index in [2.05, 4.69) is 22.8 Å². The molecule has 0 saturated carbocycles. The first-order valence-corrected chi connectivity index (χ1v) is 5.87. The zero-order valence-electron chi connectivity index (χ0n) is 10.4. The van der Waals surface area contributed by atoms with Crippen molar-refractivity contribution >= 4 is 17.4 Å². The minimum atomic E-state index is -0.313. The van der Waals surface area contributed by atoms with E-state index in [1.807, 2.05) is 37.3 Å². The van der Waals surface area contributed by atoms with E-state index in [4.69, 9.17) is 0 Å². The molecule has 0 saturated heterocycles. The summed E-state index contributed by atoms with van der Waals surface area (Å²) < 4.78 is 0. The van der Waals surface area contributed by atoms with Crippen LogP contribution < -0.4 is 10.7 Å². The van der Waals surface area contributed by atoms with Crippen LogP contribution in [0.3, 0.4) is 0 Å². The summed E-state index contributed by atoms with van der Waals surface area (Å²) in [6, 6.07) is 8.97. The van der Waals surface area contributed by atoms with Crippen LogP contribution in [-0.4, -0.2) is 11.7 Å². The van der Waals surface area contributed by atoms with Crippen molar-refractivity contribution in [3.8, 4) is 0 Å². The minimum absolute atomic E-state index is 0.313. The average molecular weight is 233 g/mol. The van der Waals surface area contributed by atoms with E-state index >= 15 is 0 Å². The number of anilines is 1. The standard InChI is InChI=1S/C13H19N3O/c1-3-4-8-11(2)15-16-13(17)14-12-9-6-5-7-10-12/h5-7,9-10H,3-4,8H2,1-2H3,(H2,14,16,17)/b15-11-. The van der Waals surface area contributed by atoms with Crippen LogP contribution in [0, 0.1) is 0 Å². The van der Waals surface area contributed by atoms with E-state index in [1.54, 1.807) is 0 Å². The van der Waals surface area contributed by atoms with Crippen LogP contribution in [0.5, 0.6) is 0 Å². The van der Waals surface area contributed by atoms with E-state index in [0.717, 1.165) is 30.7 Å². The second-order valence-electron chi connectivity index (χ2n) is 3.88. The molecule has 17 heavy (non-hydrogen) atoms. The van der Waals surface area contributed by atoms with Gasteiger partial charge in [0.15, 0.2) is 0 Å². The van der Waals surface area contributed by atoms with Crippen molar-refractivity contribution in [2.45, 2.75) is 33.1 Å². The van der Waals surface area contributed by atoms with E-state index in [0.29, 0.717) is 0 Å². The summed E-state index contributed by atoms with van der Waals surface area (Å²) in [4.78, 5) is 11.5. The van der Waals surface area contributed by atoms with Crippen molar-refractivity contribution in [2.24, 2.45) is 5.10 Å². The van der Waals surface area contributed by atoms with Crippen molar-refractivity contribution in [3.05, 3.63) is 30.3 Å². The molecule has 0 bridgehead atoms. The van der Waals surface area contributed by atoms with Gasteiger partial charge >= 0.3 is 6.03 Å². The fraction of sp³-hybridized carbons (Fsp3) is 0.385. The van der Waals surface area contributed by atoms with Crippen LogP contribution in [0.25, 0.3) is 0 Å². The summed E-state index contributed by atoms with van der Waals surface area (Å²) in [6.45, 7) is 4.04. The number of hydrazone groups is 1. The van der Waals surface area contributed by atoms with Crippen LogP contribution in [0.2, 0.25) is 0 Å². The normalized spacial score (nSPS) is 11.1. The van der Waals surface area contributed by atoms with Gasteiger partial charge in [-0.1, -0.05) is 31.5 Å². The van der Waals surface area contributed by atoms with Gasteiger partial charge in [-0.3, -0.25) is 0 Å². The van der Waals surface area contributed by atoms with Gasteiger partial charge < -0.3 is 5.32 Å². The molecule has 0 atom stereocenters. The van der Waals surface area contributed by atoms with Gasteiger partial charge in [0.05, 0.1) is 0 Å². The van der Waals surface area contributed by atoms with Gasteiger partial charge in [-0.2, -0.15) is 5.10 Å². The first kappa shape index (κ1) is 13.2. The smallest absolute Gasteiger partial charge is 0.307 e. The molecular weight excluding hydrogens is 214 g/mol. The summed E-state index contributed by atoms with van der Waals surface area (Å²) >= 11 is 0. The lowest BCUT2D eigenvalue weighted by Gasteiger charge is -2.04. The first-order chi connectivity index (χ1) is 8.22. The summed E-state index contributed by atoms with van der Waals surface area (Å²) in [5.41, 5.74) is 4.17. The number of hydrogen-bond donors (Lipinski definition) is 2. The van der Waals surface area contributed by atoms with Gasteiger partial charge in [0.1, 0.15) is 0 Å². The topological polar surface area (TPSA) is 53.5 Å². The Hall–Kier alpha value is -1.84. The van der Waals surface area contributed by atoms with Gasteiger partial charge in [0.25, 0.3) is 0 Å². The van der Waals surface area contributed by atoms with Crippen LogP contribution in [0.1, 0.15) is 33.1 Å². The Morgan fingerprint density at radius 2 is 2.00 bits per heavy atom. The van der Waals surface area contributed by atoms with Gasteiger partial charge in [-0.25, -0.2) is 10.2 Å². The molecule has 4 nitrogen and oxygen atoms in total. The fourth-order valence-corrected chi connectivity index (χ4v) is 1.32. The number of carbonyl (C=O) groups excluding carboxylic acids is 1. The molecule has 0 aliphatic carbocycles. The number of nitrogens with one attached hydrogen (secondary N) is 2. The average Bonchev–Trinajstić information content (AvgIpc) is 2.35. The highest BCUT2D eigenvalue weighted by molar-refractivity contribution is 5.90. The van der Waals surface area contributed by atoms with Crippen LogP contribution in [0.15, 0.2) is 35.4 Å². The van der Waals surface area contributed by atoms with Crippen molar-refractivity contribution in [3.63, 3.8) is 0 Å². The largest absolute Gasteiger partial charge is 0.339 e. The lowest BCUT2D eigenvalue weighted by molar-refractivity contribution is 0.252. The lowest BCUT2D eigenvalue weighted by atomic mass is 10.2. The summed E-state index contributed by atoms with van der Waals surface area (Å²) in [7, 11) is 0. The van der Waals surface area contributed by atoms with E-state index in [1.165, 1.54) is 0 Å². The van der Waals surface area contributed by atoms with E-state index in [-0.39, 0.29) is 6.03 Å². The predicted molar refractivity (Wildman–Crippen MR) is 71.2 cm³/mol. The summed E-state index contributed by atoms with van der Waals surface area (Å²) in [5.74, 6) is 0. The Kier molecular flexibility index (Phi) is 5.79. The molecule has 2 amide bonds. The second kappa shape index (κ2) is 7.44. The zero-order valence-corrected chi connectivity index (χ0v) is 10.4. The maximum atomic E-state index is 11.5. The third-order valence-electron chi connectivity index (χ3n) is 2.27. The molecule has 1 aromatic rings. The van der Waals surface area contributed by atoms with E-state index < -0.39 is 0 Å². The Bertz CT molecular complexity index is 374. The third-order valence-corrected chi connectivity index (χ3v) is 2.27. The molecule has 1 rings (SSSR count). The predicted octanol–water partition coefficient (Wildman–Crippen LogP) is 3.37. The van der Waals surface area contributed by atoms with Gasteiger partial charge in [-0.15, -0.1) is 0 Å². The molecule has 2 N–H and O–H groups in total. The summed E-state index contributed by atoms with van der Waals surface area (Å²) in [6.07, 6.45) is 3.14. The molecule has 0 aliphatic rings. The number of carbonyl (C=O) groups is 1. The van der Waals surface area contributed by atoms with Gasteiger partial charge in [0, 0.05) is 11.4 Å². The number of hydrogen-bond acceptors (Lipinski definition) is 2. The monoisotopic (exact) mass is 233 g/mol. The number of unbranched alkanes of at least 4 members (excludes halogenated alkanes) is 1. The highest BCUT2D eigenvalue weighted by Crippen LogP contribution is 2.04. The highest BCUT2D eigenvalue weighted by Gasteiger charge is 1.99. The fourth-order valence-electron chi connectivity index (χ4n) is 1.32. The summed E-state index contributed by atoms with van der Waals surface area (Å²) in [5, 5.41) is 6.71.